The van der Waals surface area contributed by atoms with Crippen molar-refractivity contribution in [2.75, 3.05) is 6.54 Å². The number of hydrogen-bond acceptors (Lipinski definition) is 2. The van der Waals surface area contributed by atoms with Crippen LogP contribution in [0.25, 0.3) is 0 Å². The van der Waals surface area contributed by atoms with Crippen molar-refractivity contribution in [2.24, 2.45) is 5.92 Å². The molecule has 0 saturated heterocycles. The molecule has 0 bridgehead atoms. The number of pyridine rings is 1. The van der Waals surface area contributed by atoms with Gasteiger partial charge in [-0.25, -0.2) is 4.39 Å². The second-order valence-corrected chi connectivity index (χ2v) is 5.73. The van der Waals surface area contributed by atoms with Crippen molar-refractivity contribution in [1.82, 2.24) is 10.3 Å². The van der Waals surface area contributed by atoms with E-state index in [1.807, 2.05) is 6.92 Å². The van der Waals surface area contributed by atoms with E-state index in [2.05, 4.69) is 48.4 Å². The van der Waals surface area contributed by atoms with Gasteiger partial charge in [0.25, 0.3) is 0 Å². The van der Waals surface area contributed by atoms with E-state index in [1.54, 1.807) is 12.3 Å². The molecule has 0 fully saturated rings. The normalized spacial score (nSPS) is 12.6. The SMILES string of the molecule is CCNC(c1cccc(CC(C)C)c1)c1ccncc1F. The fourth-order valence-corrected chi connectivity index (χ4v) is 2.60. The smallest absolute Gasteiger partial charge is 0.146 e. The van der Waals surface area contributed by atoms with E-state index in [4.69, 9.17) is 0 Å². The molecule has 0 saturated carbocycles. The summed E-state index contributed by atoms with van der Waals surface area (Å²) in [5.41, 5.74) is 3.04. The molecule has 2 rings (SSSR count). The largest absolute Gasteiger partial charge is 0.306 e. The van der Waals surface area contributed by atoms with Gasteiger partial charge in [-0.05, 0) is 36.1 Å². The van der Waals surface area contributed by atoms with Crippen LogP contribution in [0.5, 0.6) is 0 Å². The molecule has 1 aromatic carbocycles. The first kappa shape index (κ1) is 15.6. The van der Waals surface area contributed by atoms with Gasteiger partial charge in [-0.2, -0.15) is 0 Å². The van der Waals surface area contributed by atoms with Crippen LogP contribution in [0.1, 0.15) is 43.5 Å². The van der Waals surface area contributed by atoms with Gasteiger partial charge >= 0.3 is 0 Å². The van der Waals surface area contributed by atoms with Crippen molar-refractivity contribution in [1.29, 1.82) is 0 Å². The van der Waals surface area contributed by atoms with E-state index in [1.165, 1.54) is 11.8 Å². The highest BCUT2D eigenvalue weighted by Gasteiger charge is 2.17. The Morgan fingerprint density at radius 3 is 2.71 bits per heavy atom. The molecule has 0 aliphatic carbocycles. The lowest BCUT2D eigenvalue weighted by molar-refractivity contribution is 0.554. The molecule has 2 nitrogen and oxygen atoms in total. The van der Waals surface area contributed by atoms with E-state index >= 15 is 0 Å². The maximum atomic E-state index is 14.1. The summed E-state index contributed by atoms with van der Waals surface area (Å²) in [5.74, 6) is 0.341. The zero-order valence-corrected chi connectivity index (χ0v) is 12.9. The highest BCUT2D eigenvalue weighted by Crippen LogP contribution is 2.25. The third kappa shape index (κ3) is 4.11. The molecule has 3 heteroatoms. The molecule has 0 aliphatic heterocycles. The van der Waals surface area contributed by atoms with E-state index in [-0.39, 0.29) is 11.9 Å². The molecule has 0 spiro atoms. The van der Waals surface area contributed by atoms with Crippen LogP contribution in [0.15, 0.2) is 42.7 Å². The second kappa shape index (κ2) is 7.32. The van der Waals surface area contributed by atoms with Crippen LogP contribution in [-0.4, -0.2) is 11.5 Å². The number of benzene rings is 1. The van der Waals surface area contributed by atoms with E-state index in [0.717, 1.165) is 18.5 Å². The number of nitrogens with one attached hydrogen (secondary N) is 1. The Morgan fingerprint density at radius 2 is 2.05 bits per heavy atom. The Hall–Kier alpha value is -1.74. The van der Waals surface area contributed by atoms with Crippen LogP contribution in [0.3, 0.4) is 0 Å². The highest BCUT2D eigenvalue weighted by atomic mass is 19.1. The lowest BCUT2D eigenvalue weighted by Gasteiger charge is -2.20. The van der Waals surface area contributed by atoms with Crippen LogP contribution in [0.2, 0.25) is 0 Å². The van der Waals surface area contributed by atoms with Crippen molar-refractivity contribution < 1.29 is 4.39 Å². The summed E-state index contributed by atoms with van der Waals surface area (Å²) in [6, 6.07) is 10.0. The predicted octanol–water partition coefficient (Wildman–Crippen LogP) is 4.12. The molecule has 1 unspecified atom stereocenters. The fourth-order valence-electron chi connectivity index (χ4n) is 2.60. The Kier molecular flexibility index (Phi) is 5.45. The first-order chi connectivity index (χ1) is 10.1. The average molecular weight is 286 g/mol. The standard InChI is InChI=1S/C18H23FN2/c1-4-21-18(16-8-9-20-12-17(16)19)15-7-5-6-14(11-15)10-13(2)3/h5-9,11-13,18,21H,4,10H2,1-3H3. The molecule has 0 amide bonds. The van der Waals surface area contributed by atoms with E-state index in [9.17, 15) is 4.39 Å². The molecule has 1 atom stereocenters. The number of aromatic nitrogens is 1. The maximum Gasteiger partial charge on any atom is 0.146 e. The summed E-state index contributed by atoms with van der Waals surface area (Å²) in [7, 11) is 0. The molecule has 2 aromatic rings. The minimum absolute atomic E-state index is 0.134. The predicted molar refractivity (Wildman–Crippen MR) is 84.7 cm³/mol. The number of rotatable bonds is 6. The Labute approximate surface area is 126 Å². The minimum Gasteiger partial charge on any atom is -0.306 e. The maximum absolute atomic E-state index is 14.1. The van der Waals surface area contributed by atoms with Crippen LogP contribution >= 0.6 is 0 Å². The van der Waals surface area contributed by atoms with E-state index in [0.29, 0.717) is 11.5 Å². The van der Waals surface area contributed by atoms with Gasteiger partial charge in [-0.3, -0.25) is 4.98 Å². The average Bonchev–Trinajstić information content (AvgIpc) is 2.45. The molecule has 1 heterocycles. The minimum atomic E-state index is -0.266. The van der Waals surface area contributed by atoms with Gasteiger partial charge in [-0.1, -0.05) is 45.0 Å². The first-order valence-electron chi connectivity index (χ1n) is 7.53. The molecule has 1 N–H and O–H groups in total. The quantitative estimate of drug-likeness (QED) is 0.864. The van der Waals surface area contributed by atoms with E-state index < -0.39 is 0 Å². The summed E-state index contributed by atoms with van der Waals surface area (Å²) < 4.78 is 14.1. The second-order valence-electron chi connectivity index (χ2n) is 5.73. The summed E-state index contributed by atoms with van der Waals surface area (Å²) in [6.45, 7) is 7.22. The van der Waals surface area contributed by atoms with Crippen molar-refractivity contribution in [3.05, 3.63) is 65.2 Å². The van der Waals surface area contributed by atoms with Crippen molar-refractivity contribution in [3.63, 3.8) is 0 Å². The molecule has 0 radical (unpaired) electrons. The van der Waals surface area contributed by atoms with Crippen molar-refractivity contribution >= 4 is 0 Å². The molecule has 0 aliphatic rings. The lowest BCUT2D eigenvalue weighted by atomic mass is 9.95. The molecule has 112 valence electrons. The molecular formula is C18H23FN2. The number of hydrogen-bond donors (Lipinski definition) is 1. The van der Waals surface area contributed by atoms with Gasteiger partial charge in [0.15, 0.2) is 0 Å². The van der Waals surface area contributed by atoms with Gasteiger partial charge < -0.3 is 5.32 Å². The Balaban J connectivity index is 2.36. The van der Waals surface area contributed by atoms with Crippen LogP contribution in [0.4, 0.5) is 4.39 Å². The zero-order valence-electron chi connectivity index (χ0n) is 12.9. The zero-order chi connectivity index (χ0) is 15.2. The van der Waals surface area contributed by atoms with Gasteiger partial charge in [-0.15, -0.1) is 0 Å². The van der Waals surface area contributed by atoms with Crippen LogP contribution in [-0.2, 0) is 6.42 Å². The third-order valence-corrected chi connectivity index (χ3v) is 3.45. The van der Waals surface area contributed by atoms with Gasteiger partial charge in [0.1, 0.15) is 5.82 Å². The summed E-state index contributed by atoms with van der Waals surface area (Å²) in [6.07, 6.45) is 3.95. The Bertz CT molecular complexity index is 581. The number of nitrogens with zero attached hydrogens (tertiary/aromatic N) is 1. The molecule has 1 aromatic heterocycles. The monoisotopic (exact) mass is 286 g/mol. The Morgan fingerprint density at radius 1 is 1.24 bits per heavy atom. The van der Waals surface area contributed by atoms with Crippen molar-refractivity contribution in [2.45, 2.75) is 33.2 Å². The lowest BCUT2D eigenvalue weighted by Crippen LogP contribution is -2.23. The van der Waals surface area contributed by atoms with Gasteiger partial charge in [0.2, 0.25) is 0 Å². The van der Waals surface area contributed by atoms with Gasteiger partial charge in [0.05, 0.1) is 12.2 Å². The van der Waals surface area contributed by atoms with Crippen molar-refractivity contribution in [3.8, 4) is 0 Å². The first-order valence-corrected chi connectivity index (χ1v) is 7.53. The molecular weight excluding hydrogens is 263 g/mol. The third-order valence-electron chi connectivity index (χ3n) is 3.45. The summed E-state index contributed by atoms with van der Waals surface area (Å²) in [5, 5.41) is 3.37. The van der Waals surface area contributed by atoms with Crippen LogP contribution in [0, 0.1) is 11.7 Å². The highest BCUT2D eigenvalue weighted by molar-refractivity contribution is 5.34. The van der Waals surface area contributed by atoms with Gasteiger partial charge in [0, 0.05) is 11.8 Å². The number of halogens is 1. The summed E-state index contributed by atoms with van der Waals surface area (Å²) >= 11 is 0. The molecule has 21 heavy (non-hydrogen) atoms. The van der Waals surface area contributed by atoms with Crippen LogP contribution < -0.4 is 5.32 Å². The fraction of sp³-hybridized carbons (Fsp3) is 0.389. The summed E-state index contributed by atoms with van der Waals surface area (Å²) in [4.78, 5) is 3.84. The topological polar surface area (TPSA) is 24.9 Å².